The van der Waals surface area contributed by atoms with Gasteiger partial charge >= 0.3 is 0 Å². The molecule has 0 aliphatic carbocycles. The summed E-state index contributed by atoms with van der Waals surface area (Å²) in [4.78, 5) is 10.6. The molecular formula is C11H17N5O. The first-order chi connectivity index (χ1) is 8.00. The van der Waals surface area contributed by atoms with Gasteiger partial charge in [0.05, 0.1) is 31.1 Å². The van der Waals surface area contributed by atoms with E-state index in [2.05, 4.69) is 28.7 Å². The Morgan fingerprint density at radius 2 is 2.24 bits per heavy atom. The zero-order valence-corrected chi connectivity index (χ0v) is 10.1. The maximum Gasteiger partial charge on any atom is 0.147 e. The van der Waals surface area contributed by atoms with Crippen LogP contribution in [0.15, 0.2) is 12.4 Å². The lowest BCUT2D eigenvalue weighted by Crippen LogP contribution is -2.53. The lowest BCUT2D eigenvalue weighted by molar-refractivity contribution is 0.0639. The summed E-state index contributed by atoms with van der Waals surface area (Å²) < 4.78 is 5.45. The van der Waals surface area contributed by atoms with Gasteiger partial charge in [-0.25, -0.2) is 9.97 Å². The molecule has 0 radical (unpaired) electrons. The van der Waals surface area contributed by atoms with E-state index >= 15 is 0 Å². The molecule has 6 heteroatoms. The Bertz CT molecular complexity index is 414. The Labute approximate surface area is 100 Å². The smallest absolute Gasteiger partial charge is 0.147 e. The minimum atomic E-state index is -0.0926. The first-order valence-electron chi connectivity index (χ1n) is 5.52. The zero-order valence-electron chi connectivity index (χ0n) is 10.1. The third-order valence-corrected chi connectivity index (χ3v) is 2.84. The highest BCUT2D eigenvalue weighted by Gasteiger charge is 2.31. The van der Waals surface area contributed by atoms with Gasteiger partial charge in [0.1, 0.15) is 17.3 Å². The average Bonchev–Trinajstić information content (AvgIpc) is 2.28. The number of morpholine rings is 1. The van der Waals surface area contributed by atoms with Crippen molar-refractivity contribution in [1.29, 1.82) is 5.41 Å². The molecule has 0 unspecified atom stereocenters. The van der Waals surface area contributed by atoms with Crippen LogP contribution in [0.5, 0.6) is 0 Å². The van der Waals surface area contributed by atoms with Crippen LogP contribution < -0.4 is 10.6 Å². The number of hydrogen-bond donors (Lipinski definition) is 2. The SMILES string of the molecule is CC1(C)COCCN1c1cnc(C(=N)N)cn1. The van der Waals surface area contributed by atoms with Gasteiger partial charge in [-0.1, -0.05) is 0 Å². The Morgan fingerprint density at radius 3 is 2.76 bits per heavy atom. The molecule has 0 saturated carbocycles. The average molecular weight is 235 g/mol. The number of hydrogen-bond acceptors (Lipinski definition) is 5. The van der Waals surface area contributed by atoms with Crippen LogP contribution in [0.3, 0.4) is 0 Å². The normalized spacial score (nSPS) is 19.1. The van der Waals surface area contributed by atoms with Crippen molar-refractivity contribution < 1.29 is 4.74 Å². The number of nitrogens with zero attached hydrogens (tertiary/aromatic N) is 3. The second-order valence-corrected chi connectivity index (χ2v) is 4.69. The fourth-order valence-corrected chi connectivity index (χ4v) is 1.88. The number of nitrogens with one attached hydrogen (secondary N) is 1. The predicted molar refractivity (Wildman–Crippen MR) is 65.3 cm³/mol. The van der Waals surface area contributed by atoms with E-state index in [1.165, 1.54) is 6.20 Å². The Hall–Kier alpha value is -1.69. The van der Waals surface area contributed by atoms with Crippen LogP contribution in [0.4, 0.5) is 5.82 Å². The fraction of sp³-hybridized carbons (Fsp3) is 0.545. The number of nitrogen functional groups attached to an aromatic ring is 1. The summed E-state index contributed by atoms with van der Waals surface area (Å²) in [6.45, 7) is 6.36. The lowest BCUT2D eigenvalue weighted by Gasteiger charge is -2.42. The highest BCUT2D eigenvalue weighted by atomic mass is 16.5. The fourth-order valence-electron chi connectivity index (χ4n) is 1.88. The Balaban J connectivity index is 2.24. The molecule has 1 aromatic rings. The maximum atomic E-state index is 7.27. The second-order valence-electron chi connectivity index (χ2n) is 4.69. The second kappa shape index (κ2) is 4.29. The monoisotopic (exact) mass is 235 g/mol. The highest BCUT2D eigenvalue weighted by Crippen LogP contribution is 2.24. The predicted octanol–water partition coefficient (Wildman–Crippen LogP) is 0.376. The van der Waals surface area contributed by atoms with Gasteiger partial charge in [-0.2, -0.15) is 0 Å². The standard InChI is InChI=1S/C11H17N5O/c1-11(2)7-17-4-3-16(11)9-6-14-8(5-15-9)10(12)13/h5-6H,3-4,7H2,1-2H3,(H3,12,13). The minimum absolute atomic E-state index is 0.0645. The quantitative estimate of drug-likeness (QED) is 0.571. The number of anilines is 1. The first kappa shape index (κ1) is 11.8. The molecule has 1 aliphatic rings. The summed E-state index contributed by atoms with van der Waals surface area (Å²) in [6, 6.07) is 0. The van der Waals surface area contributed by atoms with E-state index < -0.39 is 0 Å². The van der Waals surface area contributed by atoms with Crippen LogP contribution in [-0.4, -0.2) is 41.1 Å². The summed E-state index contributed by atoms with van der Waals surface area (Å²) in [7, 11) is 0. The highest BCUT2D eigenvalue weighted by molar-refractivity contribution is 5.92. The molecule has 1 aromatic heterocycles. The lowest BCUT2D eigenvalue weighted by atomic mass is 10.0. The molecule has 2 heterocycles. The molecule has 0 amide bonds. The number of ether oxygens (including phenoxy) is 1. The van der Waals surface area contributed by atoms with E-state index in [-0.39, 0.29) is 11.4 Å². The molecule has 0 atom stereocenters. The van der Waals surface area contributed by atoms with E-state index in [9.17, 15) is 0 Å². The molecule has 1 aliphatic heterocycles. The van der Waals surface area contributed by atoms with Crippen molar-refractivity contribution >= 4 is 11.7 Å². The van der Waals surface area contributed by atoms with Gasteiger partial charge in [-0.3, -0.25) is 5.41 Å². The molecule has 2 rings (SSSR count). The van der Waals surface area contributed by atoms with E-state index in [0.29, 0.717) is 18.9 Å². The Kier molecular flexibility index (Phi) is 2.97. The third-order valence-electron chi connectivity index (χ3n) is 2.84. The molecule has 0 bridgehead atoms. The molecule has 6 nitrogen and oxygen atoms in total. The van der Waals surface area contributed by atoms with E-state index in [1.54, 1.807) is 6.20 Å². The van der Waals surface area contributed by atoms with E-state index in [1.807, 2.05) is 0 Å². The van der Waals surface area contributed by atoms with Crippen molar-refractivity contribution in [3.63, 3.8) is 0 Å². The largest absolute Gasteiger partial charge is 0.382 e. The molecular weight excluding hydrogens is 218 g/mol. The van der Waals surface area contributed by atoms with Crippen LogP contribution >= 0.6 is 0 Å². The summed E-state index contributed by atoms with van der Waals surface area (Å²) in [5.74, 6) is 0.730. The van der Waals surface area contributed by atoms with Crippen LogP contribution in [0.2, 0.25) is 0 Å². The minimum Gasteiger partial charge on any atom is -0.382 e. The van der Waals surface area contributed by atoms with Crippen molar-refractivity contribution in [3.8, 4) is 0 Å². The van der Waals surface area contributed by atoms with Crippen LogP contribution in [0.25, 0.3) is 0 Å². The molecule has 1 saturated heterocycles. The Morgan fingerprint density at radius 1 is 1.47 bits per heavy atom. The molecule has 1 fully saturated rings. The number of nitrogens with two attached hydrogens (primary N) is 1. The summed E-state index contributed by atoms with van der Waals surface area (Å²) in [5.41, 5.74) is 5.65. The van der Waals surface area contributed by atoms with Crippen LogP contribution in [0.1, 0.15) is 19.5 Å². The van der Waals surface area contributed by atoms with Gasteiger partial charge < -0.3 is 15.4 Å². The van der Waals surface area contributed by atoms with Gasteiger partial charge in [0.25, 0.3) is 0 Å². The van der Waals surface area contributed by atoms with Crippen molar-refractivity contribution in [2.24, 2.45) is 5.73 Å². The first-order valence-corrected chi connectivity index (χ1v) is 5.52. The molecule has 3 N–H and O–H groups in total. The van der Waals surface area contributed by atoms with Gasteiger partial charge in [0, 0.05) is 6.54 Å². The van der Waals surface area contributed by atoms with Gasteiger partial charge in [0.15, 0.2) is 0 Å². The maximum absolute atomic E-state index is 7.27. The van der Waals surface area contributed by atoms with Crippen molar-refractivity contribution in [1.82, 2.24) is 9.97 Å². The van der Waals surface area contributed by atoms with Crippen LogP contribution in [0, 0.1) is 5.41 Å². The molecule has 17 heavy (non-hydrogen) atoms. The van der Waals surface area contributed by atoms with Crippen molar-refractivity contribution in [2.75, 3.05) is 24.7 Å². The van der Waals surface area contributed by atoms with E-state index in [0.717, 1.165) is 12.4 Å². The third kappa shape index (κ3) is 2.36. The summed E-state index contributed by atoms with van der Waals surface area (Å²) >= 11 is 0. The number of rotatable bonds is 2. The van der Waals surface area contributed by atoms with Gasteiger partial charge in [0.2, 0.25) is 0 Å². The molecule has 0 spiro atoms. The number of aromatic nitrogens is 2. The van der Waals surface area contributed by atoms with Crippen molar-refractivity contribution in [3.05, 3.63) is 18.1 Å². The number of amidine groups is 1. The molecule has 0 aromatic carbocycles. The zero-order chi connectivity index (χ0) is 12.5. The van der Waals surface area contributed by atoms with E-state index in [4.69, 9.17) is 15.9 Å². The van der Waals surface area contributed by atoms with Crippen molar-refractivity contribution in [2.45, 2.75) is 19.4 Å². The van der Waals surface area contributed by atoms with Crippen LogP contribution in [-0.2, 0) is 4.74 Å². The van der Waals surface area contributed by atoms with Gasteiger partial charge in [-0.05, 0) is 13.8 Å². The molecule has 92 valence electrons. The summed E-state index contributed by atoms with van der Waals surface area (Å²) in [6.07, 6.45) is 3.19. The summed E-state index contributed by atoms with van der Waals surface area (Å²) in [5, 5.41) is 7.27. The van der Waals surface area contributed by atoms with Gasteiger partial charge in [-0.15, -0.1) is 0 Å². The topological polar surface area (TPSA) is 88.1 Å².